The highest BCUT2D eigenvalue weighted by molar-refractivity contribution is 6.00. The van der Waals surface area contributed by atoms with E-state index in [1.165, 1.54) is 18.5 Å². The van der Waals surface area contributed by atoms with Gasteiger partial charge in [0.15, 0.2) is 17.5 Å². The summed E-state index contributed by atoms with van der Waals surface area (Å²) in [5.41, 5.74) is 0.863. The van der Waals surface area contributed by atoms with E-state index >= 15 is 0 Å². The second kappa shape index (κ2) is 10.0. The summed E-state index contributed by atoms with van der Waals surface area (Å²) in [7, 11) is 0. The van der Waals surface area contributed by atoms with Crippen LogP contribution in [0.2, 0.25) is 0 Å². The van der Waals surface area contributed by atoms with Gasteiger partial charge in [-0.2, -0.15) is 0 Å². The average molecular weight is 521 g/mol. The number of nitrogens with one attached hydrogen (secondary N) is 1. The van der Waals surface area contributed by atoms with Crippen LogP contribution in [0, 0.1) is 17.5 Å². The summed E-state index contributed by atoms with van der Waals surface area (Å²) in [6.45, 7) is -0.568. The lowest BCUT2D eigenvalue weighted by molar-refractivity contribution is -0.212. The van der Waals surface area contributed by atoms with Gasteiger partial charge in [-0.25, -0.2) is 17.9 Å². The molecular formula is C23H22F3N5O6. The van der Waals surface area contributed by atoms with Gasteiger partial charge in [0.05, 0.1) is 24.6 Å². The number of aliphatic hydroxyl groups excluding tert-OH is 3. The summed E-state index contributed by atoms with van der Waals surface area (Å²) in [5.74, 6) is -4.44. The Kier molecular flexibility index (Phi) is 6.81. The van der Waals surface area contributed by atoms with E-state index in [1.54, 1.807) is 6.07 Å². The molecule has 0 amide bonds. The lowest BCUT2D eigenvalue weighted by atomic mass is 9.89. The van der Waals surface area contributed by atoms with Gasteiger partial charge in [-0.3, -0.25) is 4.79 Å². The summed E-state index contributed by atoms with van der Waals surface area (Å²) in [6.07, 6.45) is -2.05. The Labute approximate surface area is 206 Å². The largest absolute Gasteiger partial charge is 0.394 e. The van der Waals surface area contributed by atoms with Crippen LogP contribution in [0.3, 0.4) is 0 Å². The van der Waals surface area contributed by atoms with Crippen LogP contribution in [0.5, 0.6) is 0 Å². The van der Waals surface area contributed by atoms with Crippen molar-refractivity contribution in [2.45, 2.75) is 49.4 Å². The van der Waals surface area contributed by atoms with E-state index in [0.717, 1.165) is 16.8 Å². The van der Waals surface area contributed by atoms with Crippen molar-refractivity contribution >= 4 is 5.71 Å². The zero-order valence-corrected chi connectivity index (χ0v) is 19.0. The first-order valence-electron chi connectivity index (χ1n) is 11.4. The number of oxime groups is 1. The minimum Gasteiger partial charge on any atom is -0.394 e. The number of benzene rings is 1. The number of hydrogen-bond acceptors (Lipinski definition) is 9. The molecule has 11 nitrogen and oxygen atoms in total. The molecule has 0 aliphatic carbocycles. The number of aromatic amines is 1. The molecule has 3 aromatic rings. The molecule has 2 aromatic heterocycles. The number of nitrogens with zero attached hydrogens (tertiary/aromatic N) is 4. The molecule has 4 heterocycles. The number of pyridine rings is 1. The number of rotatable bonds is 6. The van der Waals surface area contributed by atoms with Crippen LogP contribution >= 0.6 is 0 Å². The van der Waals surface area contributed by atoms with Gasteiger partial charge in [-0.1, -0.05) is 10.4 Å². The third kappa shape index (κ3) is 4.87. The minimum absolute atomic E-state index is 0.0288. The standard InChI is InChI=1S/C23H22F3N5O6/c24-13-3-11(4-14(25)20(13)26)16-8-31(30-28-16)21-22(34)17(36-18(9-32)23(21)35)6-12-5-15(29-37-12)10-1-2-19(33)27-7-10/h1-4,7-8,12,17-18,21-23,32,34-35H,5-6,9H2,(H,27,33)/t12?,17-,18-,21-,22+,23+/m1/s1. The fourth-order valence-electron chi connectivity index (χ4n) is 4.52. The third-order valence-electron chi connectivity index (χ3n) is 6.43. The first-order valence-corrected chi connectivity index (χ1v) is 11.4. The summed E-state index contributed by atoms with van der Waals surface area (Å²) in [6, 6.07) is 3.32. The molecule has 6 atom stereocenters. The number of aromatic nitrogens is 4. The zero-order valence-electron chi connectivity index (χ0n) is 19.0. The average Bonchev–Trinajstić information content (AvgIpc) is 3.55. The Bertz CT molecular complexity index is 1340. The predicted octanol–water partition coefficient (Wildman–Crippen LogP) is 0.657. The van der Waals surface area contributed by atoms with Crippen LogP contribution in [0.25, 0.3) is 11.3 Å². The van der Waals surface area contributed by atoms with E-state index < -0.39 is 60.6 Å². The topological polar surface area (TPSA) is 155 Å². The van der Waals surface area contributed by atoms with Crippen LogP contribution in [0.15, 0.2) is 46.6 Å². The van der Waals surface area contributed by atoms with Gasteiger partial charge in [-0.15, -0.1) is 5.10 Å². The number of hydrogen-bond donors (Lipinski definition) is 4. The van der Waals surface area contributed by atoms with Gasteiger partial charge in [0, 0.05) is 36.2 Å². The van der Waals surface area contributed by atoms with Crippen LogP contribution < -0.4 is 5.56 Å². The van der Waals surface area contributed by atoms with Crippen molar-refractivity contribution in [2.24, 2.45) is 5.16 Å². The van der Waals surface area contributed by atoms with Crippen LogP contribution in [-0.4, -0.2) is 78.1 Å². The highest BCUT2D eigenvalue weighted by Gasteiger charge is 2.47. The molecule has 1 fully saturated rings. The molecule has 2 aliphatic rings. The van der Waals surface area contributed by atoms with Gasteiger partial charge in [0.25, 0.3) is 0 Å². The molecule has 196 valence electrons. The van der Waals surface area contributed by atoms with Gasteiger partial charge in [-0.05, 0) is 18.2 Å². The van der Waals surface area contributed by atoms with Crippen molar-refractivity contribution in [1.82, 2.24) is 20.0 Å². The molecule has 1 unspecified atom stereocenters. The van der Waals surface area contributed by atoms with E-state index in [2.05, 4.69) is 20.5 Å². The lowest BCUT2D eigenvalue weighted by Gasteiger charge is -2.42. The SMILES string of the molecule is O=c1ccc(C2=NOC(C[C@H]3O[C@H](CO)[C@H](O)[C@H](n4cc(-c5cc(F)c(F)c(F)c5)nn4)[C@H]3O)C2)c[nH]1. The summed E-state index contributed by atoms with van der Waals surface area (Å²) in [4.78, 5) is 19.3. The Morgan fingerprint density at radius 2 is 1.81 bits per heavy atom. The van der Waals surface area contributed by atoms with Crippen LogP contribution in [0.1, 0.15) is 24.4 Å². The quantitative estimate of drug-likeness (QED) is 0.345. The highest BCUT2D eigenvalue weighted by Crippen LogP contribution is 2.34. The molecule has 1 saturated heterocycles. The van der Waals surface area contributed by atoms with Gasteiger partial charge in [0.1, 0.15) is 36.2 Å². The first kappa shape index (κ1) is 25.1. The summed E-state index contributed by atoms with van der Waals surface area (Å²) < 4.78 is 47.5. The molecule has 14 heteroatoms. The fourth-order valence-corrected chi connectivity index (χ4v) is 4.52. The Morgan fingerprint density at radius 3 is 2.49 bits per heavy atom. The predicted molar refractivity (Wildman–Crippen MR) is 120 cm³/mol. The number of aliphatic hydroxyl groups is 3. The number of H-pyrrole nitrogens is 1. The molecular weight excluding hydrogens is 499 g/mol. The Balaban J connectivity index is 1.34. The molecule has 37 heavy (non-hydrogen) atoms. The third-order valence-corrected chi connectivity index (χ3v) is 6.43. The number of ether oxygens (including phenoxy) is 1. The molecule has 0 saturated carbocycles. The van der Waals surface area contributed by atoms with E-state index in [1.807, 2.05) is 0 Å². The molecule has 0 spiro atoms. The Morgan fingerprint density at radius 1 is 1.08 bits per heavy atom. The van der Waals surface area contributed by atoms with E-state index in [-0.39, 0.29) is 23.2 Å². The second-order valence-corrected chi connectivity index (χ2v) is 8.85. The molecule has 0 radical (unpaired) electrons. The van der Waals surface area contributed by atoms with Crippen molar-refractivity contribution in [3.63, 3.8) is 0 Å². The minimum atomic E-state index is -1.62. The smallest absolute Gasteiger partial charge is 0.247 e. The molecule has 0 bridgehead atoms. The van der Waals surface area contributed by atoms with Gasteiger partial charge < -0.3 is 29.9 Å². The lowest BCUT2D eigenvalue weighted by Crippen LogP contribution is -2.56. The molecule has 4 N–H and O–H groups in total. The normalized spacial score (nSPS) is 27.7. The molecule has 5 rings (SSSR count). The van der Waals surface area contributed by atoms with Crippen molar-refractivity contribution in [3.8, 4) is 11.3 Å². The van der Waals surface area contributed by atoms with Crippen molar-refractivity contribution in [2.75, 3.05) is 6.61 Å². The van der Waals surface area contributed by atoms with E-state index in [0.29, 0.717) is 17.7 Å². The fraction of sp³-hybridized carbons (Fsp3) is 0.391. The number of halogens is 3. The van der Waals surface area contributed by atoms with Crippen molar-refractivity contribution in [3.05, 3.63) is 70.0 Å². The summed E-state index contributed by atoms with van der Waals surface area (Å²) >= 11 is 0. The monoisotopic (exact) mass is 521 g/mol. The van der Waals surface area contributed by atoms with Gasteiger partial charge in [0.2, 0.25) is 5.56 Å². The van der Waals surface area contributed by atoms with E-state index in [4.69, 9.17) is 9.57 Å². The van der Waals surface area contributed by atoms with Crippen LogP contribution in [0.4, 0.5) is 13.2 Å². The molecule has 1 aromatic carbocycles. The van der Waals surface area contributed by atoms with Crippen molar-refractivity contribution in [1.29, 1.82) is 0 Å². The second-order valence-electron chi connectivity index (χ2n) is 8.85. The van der Waals surface area contributed by atoms with E-state index in [9.17, 15) is 33.3 Å². The van der Waals surface area contributed by atoms with Gasteiger partial charge >= 0.3 is 0 Å². The maximum absolute atomic E-state index is 13.7. The van der Waals surface area contributed by atoms with Crippen LogP contribution in [-0.2, 0) is 9.57 Å². The molecule has 2 aliphatic heterocycles. The summed E-state index contributed by atoms with van der Waals surface area (Å²) in [5, 5.41) is 43.4. The zero-order chi connectivity index (χ0) is 26.3. The maximum atomic E-state index is 13.7. The Hall–Kier alpha value is -3.59. The first-order chi connectivity index (χ1) is 17.7. The maximum Gasteiger partial charge on any atom is 0.247 e. The highest BCUT2D eigenvalue weighted by atomic mass is 19.2. The van der Waals surface area contributed by atoms with Crippen molar-refractivity contribution < 1.29 is 38.1 Å².